The van der Waals surface area contributed by atoms with E-state index in [0.29, 0.717) is 0 Å². The van der Waals surface area contributed by atoms with Crippen LogP contribution in [0.15, 0.2) is 30.2 Å². The Labute approximate surface area is 103 Å². The molecule has 0 saturated heterocycles. The summed E-state index contributed by atoms with van der Waals surface area (Å²) in [6.07, 6.45) is 1.94. The van der Waals surface area contributed by atoms with Crippen molar-refractivity contribution < 1.29 is 0 Å². The largest absolute Gasteiger partial charge is 0.322 e. The molecule has 0 aliphatic carbocycles. The van der Waals surface area contributed by atoms with Crippen LogP contribution in [0.1, 0.15) is 31.7 Å². The van der Waals surface area contributed by atoms with Crippen molar-refractivity contribution in [1.29, 1.82) is 0 Å². The van der Waals surface area contributed by atoms with Gasteiger partial charge in [0.05, 0.1) is 6.04 Å². The summed E-state index contributed by atoms with van der Waals surface area (Å²) in [6, 6.07) is 4.25. The molecule has 0 bridgehead atoms. The van der Waals surface area contributed by atoms with Crippen LogP contribution in [0.3, 0.4) is 0 Å². The molecule has 0 fully saturated rings. The van der Waals surface area contributed by atoms with Gasteiger partial charge in [-0.25, -0.2) is 0 Å². The van der Waals surface area contributed by atoms with Crippen LogP contribution in [0.4, 0.5) is 0 Å². The van der Waals surface area contributed by atoms with Crippen molar-refractivity contribution in [2.45, 2.75) is 32.4 Å². The van der Waals surface area contributed by atoms with Gasteiger partial charge in [-0.3, -0.25) is 4.90 Å². The third kappa shape index (κ3) is 3.74. The molecule has 0 aliphatic heterocycles. The van der Waals surface area contributed by atoms with E-state index < -0.39 is 0 Å². The van der Waals surface area contributed by atoms with Gasteiger partial charge < -0.3 is 5.73 Å². The average molecular weight is 238 g/mol. The fraction of sp³-hybridized carbons (Fsp3) is 0.538. The normalized spacial score (nSPS) is 14.1. The Kier molecular flexibility index (Phi) is 4.71. The molecule has 2 nitrogen and oxygen atoms in total. The highest BCUT2D eigenvalue weighted by molar-refractivity contribution is 7.10. The van der Waals surface area contributed by atoms with E-state index in [2.05, 4.69) is 49.8 Å². The van der Waals surface area contributed by atoms with Crippen LogP contribution in [-0.4, -0.2) is 23.5 Å². The van der Waals surface area contributed by atoms with E-state index in [9.17, 15) is 0 Å². The predicted molar refractivity (Wildman–Crippen MR) is 72.8 cm³/mol. The summed E-state index contributed by atoms with van der Waals surface area (Å²) in [5.74, 6) is 0. The number of rotatable bonds is 5. The summed E-state index contributed by atoms with van der Waals surface area (Å²) in [7, 11) is 0. The van der Waals surface area contributed by atoms with Crippen molar-refractivity contribution in [2.24, 2.45) is 5.73 Å². The standard InChI is InChI=1S/C13H22N2S/c1-5-8-15(13(2,3)4)10-11(14)12-7-6-9-16-12/h5-7,9,11H,1,8,10,14H2,2-4H3. The average Bonchev–Trinajstić information content (AvgIpc) is 2.68. The fourth-order valence-corrected chi connectivity index (χ4v) is 2.33. The molecule has 0 saturated carbocycles. The van der Waals surface area contributed by atoms with Gasteiger partial charge in [0.15, 0.2) is 0 Å². The smallest absolute Gasteiger partial charge is 0.0519 e. The van der Waals surface area contributed by atoms with Gasteiger partial charge in [0, 0.05) is 23.5 Å². The molecule has 1 heterocycles. The van der Waals surface area contributed by atoms with Crippen LogP contribution in [0.5, 0.6) is 0 Å². The lowest BCUT2D eigenvalue weighted by Crippen LogP contribution is -2.45. The van der Waals surface area contributed by atoms with E-state index in [4.69, 9.17) is 5.73 Å². The van der Waals surface area contributed by atoms with Gasteiger partial charge in [0.2, 0.25) is 0 Å². The molecule has 3 heteroatoms. The SMILES string of the molecule is C=CCN(CC(N)c1cccs1)C(C)(C)C. The molecular weight excluding hydrogens is 216 g/mol. The summed E-state index contributed by atoms with van der Waals surface area (Å²) in [4.78, 5) is 3.60. The second-order valence-corrected chi connectivity index (χ2v) is 5.97. The first-order valence-corrected chi connectivity index (χ1v) is 6.48. The summed E-state index contributed by atoms with van der Waals surface area (Å²) < 4.78 is 0. The van der Waals surface area contributed by atoms with E-state index in [-0.39, 0.29) is 11.6 Å². The molecule has 16 heavy (non-hydrogen) atoms. The van der Waals surface area contributed by atoms with Crippen molar-refractivity contribution in [1.82, 2.24) is 4.90 Å². The molecule has 0 aliphatic rings. The van der Waals surface area contributed by atoms with Gasteiger partial charge in [-0.2, -0.15) is 0 Å². The summed E-state index contributed by atoms with van der Waals surface area (Å²) in [5.41, 5.74) is 6.33. The van der Waals surface area contributed by atoms with Crippen LogP contribution in [0.2, 0.25) is 0 Å². The van der Waals surface area contributed by atoms with Gasteiger partial charge >= 0.3 is 0 Å². The van der Waals surface area contributed by atoms with Crippen LogP contribution >= 0.6 is 11.3 Å². The van der Waals surface area contributed by atoms with Crippen LogP contribution < -0.4 is 5.73 Å². The Morgan fingerprint density at radius 2 is 2.25 bits per heavy atom. The third-order valence-corrected chi connectivity index (χ3v) is 3.63. The summed E-state index contributed by atoms with van der Waals surface area (Å²) in [5, 5.41) is 2.07. The molecule has 2 N–H and O–H groups in total. The Morgan fingerprint density at radius 3 is 2.69 bits per heavy atom. The molecule has 0 radical (unpaired) electrons. The van der Waals surface area contributed by atoms with E-state index in [1.807, 2.05) is 6.08 Å². The zero-order chi connectivity index (χ0) is 12.2. The number of hydrogen-bond acceptors (Lipinski definition) is 3. The maximum atomic E-state index is 6.20. The van der Waals surface area contributed by atoms with E-state index in [0.717, 1.165) is 13.1 Å². The summed E-state index contributed by atoms with van der Waals surface area (Å²) in [6.45, 7) is 12.2. The minimum atomic E-state index is 0.0965. The van der Waals surface area contributed by atoms with Crippen molar-refractivity contribution in [3.8, 4) is 0 Å². The summed E-state index contributed by atoms with van der Waals surface area (Å²) >= 11 is 1.72. The Hall–Kier alpha value is -0.640. The molecule has 0 amide bonds. The second-order valence-electron chi connectivity index (χ2n) is 4.99. The minimum Gasteiger partial charge on any atom is -0.322 e. The van der Waals surface area contributed by atoms with E-state index in [1.54, 1.807) is 11.3 Å². The molecule has 1 rings (SSSR count). The van der Waals surface area contributed by atoms with E-state index >= 15 is 0 Å². The molecule has 1 unspecified atom stereocenters. The van der Waals surface area contributed by atoms with Crippen molar-refractivity contribution in [2.75, 3.05) is 13.1 Å². The van der Waals surface area contributed by atoms with Crippen LogP contribution in [0.25, 0.3) is 0 Å². The van der Waals surface area contributed by atoms with Gasteiger partial charge in [-0.1, -0.05) is 12.1 Å². The maximum Gasteiger partial charge on any atom is 0.0519 e. The number of thiophene rings is 1. The van der Waals surface area contributed by atoms with Gasteiger partial charge in [0.1, 0.15) is 0 Å². The van der Waals surface area contributed by atoms with Gasteiger partial charge in [0.25, 0.3) is 0 Å². The third-order valence-electron chi connectivity index (χ3n) is 2.62. The first-order chi connectivity index (χ1) is 7.45. The zero-order valence-corrected chi connectivity index (χ0v) is 11.3. The highest BCUT2D eigenvalue weighted by Crippen LogP contribution is 2.21. The zero-order valence-electron chi connectivity index (χ0n) is 10.4. The highest BCUT2D eigenvalue weighted by atomic mass is 32.1. The first-order valence-electron chi connectivity index (χ1n) is 5.60. The molecule has 1 aromatic rings. The number of hydrogen-bond donors (Lipinski definition) is 1. The molecule has 90 valence electrons. The van der Waals surface area contributed by atoms with Crippen molar-refractivity contribution in [3.05, 3.63) is 35.0 Å². The fourth-order valence-electron chi connectivity index (χ4n) is 1.61. The quantitative estimate of drug-likeness (QED) is 0.799. The first kappa shape index (κ1) is 13.4. The van der Waals surface area contributed by atoms with Crippen molar-refractivity contribution in [3.63, 3.8) is 0 Å². The number of nitrogens with zero attached hydrogens (tertiary/aromatic N) is 1. The van der Waals surface area contributed by atoms with Gasteiger partial charge in [-0.15, -0.1) is 17.9 Å². The second kappa shape index (κ2) is 5.62. The van der Waals surface area contributed by atoms with Crippen LogP contribution in [-0.2, 0) is 0 Å². The minimum absolute atomic E-state index is 0.0965. The Bertz CT molecular complexity index is 311. The predicted octanol–water partition coefficient (Wildman–Crippen LogP) is 3.03. The highest BCUT2D eigenvalue weighted by Gasteiger charge is 2.22. The van der Waals surface area contributed by atoms with Crippen molar-refractivity contribution >= 4 is 11.3 Å². The molecule has 1 aromatic heterocycles. The molecular formula is C13H22N2S. The molecule has 0 aromatic carbocycles. The lowest BCUT2D eigenvalue weighted by atomic mass is 10.0. The Morgan fingerprint density at radius 1 is 1.56 bits per heavy atom. The lowest BCUT2D eigenvalue weighted by Gasteiger charge is -2.36. The Balaban J connectivity index is 2.65. The van der Waals surface area contributed by atoms with Gasteiger partial charge in [-0.05, 0) is 32.2 Å². The van der Waals surface area contributed by atoms with E-state index in [1.165, 1.54) is 4.88 Å². The maximum absolute atomic E-state index is 6.20. The topological polar surface area (TPSA) is 29.3 Å². The molecule has 0 spiro atoms. The number of nitrogens with two attached hydrogens (primary N) is 1. The monoisotopic (exact) mass is 238 g/mol. The molecule has 1 atom stereocenters. The lowest BCUT2D eigenvalue weighted by molar-refractivity contribution is 0.145. The van der Waals surface area contributed by atoms with Crippen LogP contribution in [0, 0.1) is 0 Å².